The number of anilines is 2. The van der Waals surface area contributed by atoms with Gasteiger partial charge in [0.15, 0.2) is 0 Å². The predicted molar refractivity (Wildman–Crippen MR) is 86.8 cm³/mol. The Morgan fingerprint density at radius 2 is 1.90 bits per heavy atom. The number of amides is 2. The number of nitrogens with one attached hydrogen (secondary N) is 3. The average Bonchev–Trinajstić information content (AvgIpc) is 2.42. The highest BCUT2D eigenvalue weighted by molar-refractivity contribution is 6.33. The molecule has 0 aliphatic rings. The molecule has 1 atom stereocenters. The molecule has 0 heterocycles. The maximum atomic E-state index is 11.9. The molecule has 2 amide bonds. The van der Waals surface area contributed by atoms with Crippen LogP contribution in [0.25, 0.3) is 0 Å². The molecule has 1 aromatic rings. The maximum absolute atomic E-state index is 11.9. The van der Waals surface area contributed by atoms with Gasteiger partial charge in [-0.1, -0.05) is 25.4 Å². The topological polar surface area (TPSA) is 70.2 Å². The van der Waals surface area contributed by atoms with Crippen LogP contribution < -0.4 is 16.0 Å². The van der Waals surface area contributed by atoms with Gasteiger partial charge in [0, 0.05) is 24.6 Å². The van der Waals surface area contributed by atoms with Gasteiger partial charge in [-0.25, -0.2) is 0 Å². The second-order valence-corrected chi connectivity index (χ2v) is 5.21. The SMILES string of the molecule is CCNC(C)CC(=O)Nc1cc(NC(=O)CC)ccc1Cl. The Kier molecular flexibility index (Phi) is 7.19. The summed E-state index contributed by atoms with van der Waals surface area (Å²) < 4.78 is 0. The predicted octanol–water partition coefficient (Wildman–Crippen LogP) is 3.02. The molecule has 1 unspecified atom stereocenters. The fourth-order valence-electron chi connectivity index (χ4n) is 1.85. The van der Waals surface area contributed by atoms with E-state index in [4.69, 9.17) is 11.6 Å². The summed E-state index contributed by atoms with van der Waals surface area (Å²) in [6, 6.07) is 5.10. The molecule has 6 heteroatoms. The quantitative estimate of drug-likeness (QED) is 0.725. The number of hydrogen-bond acceptors (Lipinski definition) is 3. The van der Waals surface area contributed by atoms with E-state index >= 15 is 0 Å². The molecule has 3 N–H and O–H groups in total. The third-order valence-corrected chi connectivity index (χ3v) is 3.22. The van der Waals surface area contributed by atoms with Gasteiger partial charge in [0.25, 0.3) is 0 Å². The molecule has 116 valence electrons. The van der Waals surface area contributed by atoms with E-state index in [0.29, 0.717) is 29.2 Å². The van der Waals surface area contributed by atoms with Crippen LogP contribution in [0.3, 0.4) is 0 Å². The summed E-state index contributed by atoms with van der Waals surface area (Å²) in [6.45, 7) is 6.53. The minimum Gasteiger partial charge on any atom is -0.326 e. The van der Waals surface area contributed by atoms with Gasteiger partial charge >= 0.3 is 0 Å². The molecule has 1 aromatic carbocycles. The maximum Gasteiger partial charge on any atom is 0.225 e. The molecule has 0 bridgehead atoms. The van der Waals surface area contributed by atoms with E-state index in [2.05, 4.69) is 16.0 Å². The lowest BCUT2D eigenvalue weighted by Crippen LogP contribution is -2.30. The summed E-state index contributed by atoms with van der Waals surface area (Å²) in [5.74, 6) is -0.209. The average molecular weight is 312 g/mol. The van der Waals surface area contributed by atoms with Crippen molar-refractivity contribution >= 4 is 34.8 Å². The number of carbonyl (C=O) groups is 2. The summed E-state index contributed by atoms with van der Waals surface area (Å²) >= 11 is 6.07. The number of benzene rings is 1. The Morgan fingerprint density at radius 3 is 2.52 bits per heavy atom. The zero-order valence-electron chi connectivity index (χ0n) is 12.6. The third kappa shape index (κ3) is 6.14. The van der Waals surface area contributed by atoms with Crippen molar-refractivity contribution in [3.05, 3.63) is 23.2 Å². The number of carbonyl (C=O) groups excluding carboxylic acids is 2. The lowest BCUT2D eigenvalue weighted by molar-refractivity contribution is -0.117. The smallest absolute Gasteiger partial charge is 0.225 e. The minimum absolute atomic E-state index is 0.0876. The van der Waals surface area contributed by atoms with Crippen molar-refractivity contribution < 1.29 is 9.59 Å². The number of hydrogen-bond donors (Lipinski definition) is 3. The number of halogens is 1. The zero-order valence-corrected chi connectivity index (χ0v) is 13.4. The van der Waals surface area contributed by atoms with Crippen LogP contribution in [0.5, 0.6) is 0 Å². The first-order chi connectivity index (χ1) is 9.96. The van der Waals surface area contributed by atoms with Gasteiger partial charge < -0.3 is 16.0 Å². The van der Waals surface area contributed by atoms with Crippen LogP contribution in [-0.4, -0.2) is 24.4 Å². The van der Waals surface area contributed by atoms with Gasteiger partial charge in [0.2, 0.25) is 11.8 Å². The van der Waals surface area contributed by atoms with Crippen LogP contribution in [0.15, 0.2) is 18.2 Å². The molecule has 0 radical (unpaired) electrons. The molecule has 0 saturated carbocycles. The highest BCUT2D eigenvalue weighted by Gasteiger charge is 2.11. The molecule has 1 rings (SSSR count). The summed E-state index contributed by atoms with van der Waals surface area (Å²) in [5, 5.41) is 9.11. The Hall–Kier alpha value is -1.59. The van der Waals surface area contributed by atoms with Gasteiger partial charge in [0.1, 0.15) is 0 Å². The van der Waals surface area contributed by atoms with Crippen LogP contribution in [0, 0.1) is 0 Å². The van der Waals surface area contributed by atoms with Crippen LogP contribution >= 0.6 is 11.6 Å². The molecule has 0 aromatic heterocycles. The van der Waals surface area contributed by atoms with Crippen molar-refractivity contribution in [2.24, 2.45) is 0 Å². The van der Waals surface area contributed by atoms with E-state index in [0.717, 1.165) is 6.54 Å². The standard InChI is InChI=1S/C15H22ClN3O2/c1-4-14(20)18-11-6-7-12(16)13(9-11)19-15(21)8-10(3)17-5-2/h6-7,9-10,17H,4-5,8H2,1-3H3,(H,18,20)(H,19,21). The summed E-state index contributed by atoms with van der Waals surface area (Å²) in [6.07, 6.45) is 0.750. The van der Waals surface area contributed by atoms with E-state index in [1.165, 1.54) is 0 Å². The van der Waals surface area contributed by atoms with Crippen molar-refractivity contribution in [2.45, 2.75) is 39.7 Å². The van der Waals surface area contributed by atoms with Crippen LogP contribution in [0.4, 0.5) is 11.4 Å². The first-order valence-corrected chi connectivity index (χ1v) is 7.46. The first kappa shape index (κ1) is 17.5. The second kappa shape index (κ2) is 8.64. The Balaban J connectivity index is 2.71. The fourth-order valence-corrected chi connectivity index (χ4v) is 2.01. The van der Waals surface area contributed by atoms with Crippen molar-refractivity contribution in [3.8, 4) is 0 Å². The van der Waals surface area contributed by atoms with E-state index in [1.54, 1.807) is 25.1 Å². The molecular formula is C15H22ClN3O2. The van der Waals surface area contributed by atoms with Crippen LogP contribution in [0.2, 0.25) is 5.02 Å². The Bertz CT molecular complexity index is 506. The molecule has 0 saturated heterocycles. The van der Waals surface area contributed by atoms with Gasteiger partial charge in [-0.05, 0) is 31.7 Å². The lowest BCUT2D eigenvalue weighted by atomic mass is 10.2. The summed E-state index contributed by atoms with van der Waals surface area (Å²) in [7, 11) is 0. The molecule has 0 aliphatic carbocycles. The van der Waals surface area contributed by atoms with E-state index < -0.39 is 0 Å². The van der Waals surface area contributed by atoms with Gasteiger partial charge in [-0.2, -0.15) is 0 Å². The fraction of sp³-hybridized carbons (Fsp3) is 0.467. The van der Waals surface area contributed by atoms with E-state index in [1.807, 2.05) is 13.8 Å². The molecule has 5 nitrogen and oxygen atoms in total. The summed E-state index contributed by atoms with van der Waals surface area (Å²) in [5.41, 5.74) is 1.11. The highest BCUT2D eigenvalue weighted by Crippen LogP contribution is 2.25. The third-order valence-electron chi connectivity index (χ3n) is 2.89. The number of rotatable bonds is 7. The molecule has 21 heavy (non-hydrogen) atoms. The molecule has 0 aliphatic heterocycles. The lowest BCUT2D eigenvalue weighted by Gasteiger charge is -2.14. The normalized spacial score (nSPS) is 11.8. The summed E-state index contributed by atoms with van der Waals surface area (Å²) in [4.78, 5) is 23.3. The van der Waals surface area contributed by atoms with Crippen molar-refractivity contribution in [1.82, 2.24) is 5.32 Å². The minimum atomic E-state index is -0.121. The van der Waals surface area contributed by atoms with Crippen molar-refractivity contribution in [1.29, 1.82) is 0 Å². The first-order valence-electron chi connectivity index (χ1n) is 7.08. The van der Waals surface area contributed by atoms with Gasteiger partial charge in [-0.3, -0.25) is 9.59 Å². The Labute approximate surface area is 130 Å². The van der Waals surface area contributed by atoms with E-state index in [-0.39, 0.29) is 17.9 Å². The van der Waals surface area contributed by atoms with Crippen molar-refractivity contribution in [3.63, 3.8) is 0 Å². The molecular weight excluding hydrogens is 290 g/mol. The second-order valence-electron chi connectivity index (χ2n) is 4.81. The van der Waals surface area contributed by atoms with Gasteiger partial charge in [-0.15, -0.1) is 0 Å². The zero-order chi connectivity index (χ0) is 15.8. The van der Waals surface area contributed by atoms with E-state index in [9.17, 15) is 9.59 Å². The molecule has 0 fully saturated rings. The van der Waals surface area contributed by atoms with Crippen LogP contribution in [0.1, 0.15) is 33.6 Å². The van der Waals surface area contributed by atoms with Gasteiger partial charge in [0.05, 0.1) is 10.7 Å². The highest BCUT2D eigenvalue weighted by atomic mass is 35.5. The van der Waals surface area contributed by atoms with Crippen molar-refractivity contribution in [2.75, 3.05) is 17.2 Å². The largest absolute Gasteiger partial charge is 0.326 e. The molecule has 0 spiro atoms. The monoisotopic (exact) mass is 311 g/mol. The van der Waals surface area contributed by atoms with Crippen LogP contribution in [-0.2, 0) is 9.59 Å². The Morgan fingerprint density at radius 1 is 1.19 bits per heavy atom.